The first-order valence-corrected chi connectivity index (χ1v) is 13.0. The normalized spacial score (nSPS) is 24.4. The lowest BCUT2D eigenvalue weighted by Gasteiger charge is -2.20. The quantitative estimate of drug-likeness (QED) is 0.436. The van der Waals surface area contributed by atoms with Crippen LogP contribution in [-0.4, -0.2) is 38.1 Å². The summed E-state index contributed by atoms with van der Waals surface area (Å²) >= 11 is 0. The van der Waals surface area contributed by atoms with Crippen LogP contribution >= 0.6 is 0 Å². The maximum Gasteiger partial charge on any atom is -0.00218 e. The Hall–Kier alpha value is -0.0800. The fraction of sp³-hybridized carbons (Fsp3) is 1.00. The van der Waals surface area contributed by atoms with E-state index in [4.69, 9.17) is 0 Å². The highest BCUT2D eigenvalue weighted by molar-refractivity contribution is 4.63. The standard InChI is InChI=1S/2C7H14.2C6H13N.CH4/c2*1-7-5-3-2-4-6-7;1-6-2-4-7-5-3-6;1-7-5-3-2-4-6-7;/h2*7H,2-6H2,1H3;6-7H,2-5H2,1H3;2-6H2,1H3;1H4. The summed E-state index contributed by atoms with van der Waals surface area (Å²) in [4.78, 5) is 2.39. The third-order valence-electron chi connectivity index (χ3n) is 7.00. The van der Waals surface area contributed by atoms with E-state index < -0.39 is 0 Å². The number of piperidine rings is 2. The van der Waals surface area contributed by atoms with Crippen LogP contribution in [0.15, 0.2) is 0 Å². The molecule has 4 aliphatic rings. The van der Waals surface area contributed by atoms with Crippen molar-refractivity contribution >= 4 is 0 Å². The van der Waals surface area contributed by atoms with Gasteiger partial charge in [0.25, 0.3) is 0 Å². The van der Waals surface area contributed by atoms with Crippen LogP contribution in [0.5, 0.6) is 0 Å². The van der Waals surface area contributed by atoms with Gasteiger partial charge < -0.3 is 10.2 Å². The van der Waals surface area contributed by atoms with Crippen molar-refractivity contribution in [2.75, 3.05) is 33.2 Å². The molecule has 2 nitrogen and oxygen atoms in total. The van der Waals surface area contributed by atoms with Crippen LogP contribution in [-0.2, 0) is 0 Å². The van der Waals surface area contributed by atoms with Gasteiger partial charge in [-0.05, 0) is 76.7 Å². The van der Waals surface area contributed by atoms with E-state index in [1.807, 2.05) is 0 Å². The molecule has 0 unspecified atom stereocenters. The lowest BCUT2D eigenvalue weighted by atomic mass is 9.91. The molecule has 4 fully saturated rings. The predicted molar refractivity (Wildman–Crippen MR) is 134 cm³/mol. The Morgan fingerprint density at radius 2 is 0.862 bits per heavy atom. The van der Waals surface area contributed by atoms with Crippen LogP contribution in [0, 0.1) is 17.8 Å². The zero-order valence-electron chi connectivity index (χ0n) is 20.1. The molecule has 2 saturated heterocycles. The molecule has 4 rings (SSSR count). The summed E-state index contributed by atoms with van der Waals surface area (Å²) < 4.78 is 0. The largest absolute Gasteiger partial charge is 0.317 e. The molecule has 0 atom stereocenters. The number of hydrogen-bond acceptors (Lipinski definition) is 2. The van der Waals surface area contributed by atoms with Gasteiger partial charge in [-0.1, -0.05) is 98.8 Å². The highest BCUT2D eigenvalue weighted by atomic mass is 15.1. The lowest BCUT2D eigenvalue weighted by molar-refractivity contribution is 0.277. The van der Waals surface area contributed by atoms with Crippen molar-refractivity contribution < 1.29 is 0 Å². The van der Waals surface area contributed by atoms with Crippen molar-refractivity contribution in [2.24, 2.45) is 17.8 Å². The number of nitrogens with one attached hydrogen (secondary N) is 1. The summed E-state index contributed by atoms with van der Waals surface area (Å²) in [6, 6.07) is 0. The van der Waals surface area contributed by atoms with Crippen LogP contribution in [0.1, 0.15) is 125 Å². The van der Waals surface area contributed by atoms with Gasteiger partial charge in [-0.2, -0.15) is 0 Å². The van der Waals surface area contributed by atoms with Crippen LogP contribution in [0.25, 0.3) is 0 Å². The number of rotatable bonds is 0. The molecule has 0 spiro atoms. The molecule has 0 aromatic carbocycles. The van der Waals surface area contributed by atoms with E-state index in [2.05, 4.69) is 38.0 Å². The summed E-state index contributed by atoms with van der Waals surface area (Å²) in [7, 11) is 2.19. The van der Waals surface area contributed by atoms with Crippen molar-refractivity contribution in [1.29, 1.82) is 0 Å². The molecular weight excluding hydrogens is 352 g/mol. The molecule has 2 saturated carbocycles. The van der Waals surface area contributed by atoms with Gasteiger partial charge in [-0.3, -0.25) is 0 Å². The Kier molecular flexibility index (Phi) is 19.8. The first kappa shape index (κ1) is 28.9. The van der Waals surface area contributed by atoms with Gasteiger partial charge in [0, 0.05) is 0 Å². The van der Waals surface area contributed by atoms with Gasteiger partial charge in [0.05, 0.1) is 0 Å². The molecule has 2 heteroatoms. The lowest BCUT2D eigenvalue weighted by Crippen LogP contribution is -2.26. The maximum absolute atomic E-state index is 3.32. The van der Waals surface area contributed by atoms with Gasteiger partial charge >= 0.3 is 0 Å². The molecule has 0 aromatic heterocycles. The van der Waals surface area contributed by atoms with Crippen molar-refractivity contribution in [3.05, 3.63) is 0 Å². The zero-order chi connectivity index (χ0) is 20.5. The van der Waals surface area contributed by atoms with Crippen molar-refractivity contribution in [1.82, 2.24) is 10.2 Å². The van der Waals surface area contributed by atoms with Crippen LogP contribution in [0.3, 0.4) is 0 Å². The Bertz CT molecular complexity index is 242. The second-order valence-corrected chi connectivity index (χ2v) is 10.3. The van der Waals surface area contributed by atoms with E-state index in [1.165, 1.54) is 122 Å². The highest BCUT2D eigenvalue weighted by Gasteiger charge is 2.07. The topological polar surface area (TPSA) is 15.3 Å². The summed E-state index contributed by atoms with van der Waals surface area (Å²) in [5.74, 6) is 3.05. The third-order valence-corrected chi connectivity index (χ3v) is 7.00. The maximum atomic E-state index is 3.32. The third kappa shape index (κ3) is 18.4. The van der Waals surface area contributed by atoms with E-state index in [0.717, 1.165) is 17.8 Å². The summed E-state index contributed by atoms with van der Waals surface area (Å²) in [6.07, 6.45) is 21.9. The molecule has 29 heavy (non-hydrogen) atoms. The van der Waals surface area contributed by atoms with Gasteiger partial charge in [-0.25, -0.2) is 0 Å². The number of nitrogens with zero attached hydrogens (tertiary/aromatic N) is 1. The minimum Gasteiger partial charge on any atom is -0.317 e. The first-order valence-electron chi connectivity index (χ1n) is 13.0. The van der Waals surface area contributed by atoms with Gasteiger partial charge in [0.15, 0.2) is 0 Å². The Labute approximate surface area is 186 Å². The first-order chi connectivity index (χ1) is 13.6. The van der Waals surface area contributed by atoms with Gasteiger partial charge in [0.2, 0.25) is 0 Å². The molecule has 0 radical (unpaired) electrons. The molecule has 0 amide bonds. The van der Waals surface area contributed by atoms with E-state index in [0.29, 0.717) is 0 Å². The smallest absolute Gasteiger partial charge is 0.00218 e. The number of hydrogen-bond donors (Lipinski definition) is 1. The van der Waals surface area contributed by atoms with Crippen molar-refractivity contribution in [3.63, 3.8) is 0 Å². The van der Waals surface area contributed by atoms with E-state index in [9.17, 15) is 0 Å². The second kappa shape index (κ2) is 19.9. The van der Waals surface area contributed by atoms with Crippen molar-refractivity contribution in [2.45, 2.75) is 125 Å². The minimum absolute atomic E-state index is 0. The van der Waals surface area contributed by atoms with Crippen molar-refractivity contribution in [3.8, 4) is 0 Å². The minimum atomic E-state index is 0. The molecule has 2 heterocycles. The molecule has 2 aliphatic heterocycles. The van der Waals surface area contributed by atoms with E-state index >= 15 is 0 Å². The second-order valence-electron chi connectivity index (χ2n) is 10.3. The van der Waals surface area contributed by atoms with E-state index in [1.54, 1.807) is 0 Å². The SMILES string of the molecule is C.CC1CCCCC1.CC1CCCCC1.CC1CCNCC1.CN1CCCCC1. The van der Waals surface area contributed by atoms with Gasteiger partial charge in [-0.15, -0.1) is 0 Å². The Morgan fingerprint density at radius 3 is 1.07 bits per heavy atom. The molecule has 1 N–H and O–H groups in total. The molecule has 2 aliphatic carbocycles. The summed E-state index contributed by atoms with van der Waals surface area (Å²) in [5.41, 5.74) is 0. The predicted octanol–water partition coefficient (Wildman–Crippen LogP) is 7.92. The molecule has 0 bridgehead atoms. The summed E-state index contributed by atoms with van der Waals surface area (Å²) in [5, 5.41) is 3.32. The average molecular weight is 411 g/mol. The fourth-order valence-electron chi connectivity index (χ4n) is 4.63. The van der Waals surface area contributed by atoms with E-state index in [-0.39, 0.29) is 7.43 Å². The molecular formula is C27H58N2. The zero-order valence-corrected chi connectivity index (χ0v) is 20.1. The number of likely N-dealkylation sites (tertiary alicyclic amines) is 1. The molecule has 0 aromatic rings. The highest BCUT2D eigenvalue weighted by Crippen LogP contribution is 2.22. The summed E-state index contributed by atoms with van der Waals surface area (Å²) in [6.45, 7) is 12.2. The molecule has 176 valence electrons. The van der Waals surface area contributed by atoms with Gasteiger partial charge in [0.1, 0.15) is 0 Å². The van der Waals surface area contributed by atoms with Crippen LogP contribution in [0.2, 0.25) is 0 Å². The fourth-order valence-corrected chi connectivity index (χ4v) is 4.63. The van der Waals surface area contributed by atoms with Crippen LogP contribution in [0.4, 0.5) is 0 Å². The van der Waals surface area contributed by atoms with Crippen LogP contribution < -0.4 is 5.32 Å². The monoisotopic (exact) mass is 410 g/mol. The Morgan fingerprint density at radius 1 is 0.517 bits per heavy atom. The Balaban J connectivity index is 0.000000356. The average Bonchev–Trinajstić information content (AvgIpc) is 2.72.